The van der Waals surface area contributed by atoms with Crippen molar-refractivity contribution in [1.29, 1.82) is 0 Å². The number of alkyl halides is 2. The first-order valence-corrected chi connectivity index (χ1v) is 7.08. The van der Waals surface area contributed by atoms with Gasteiger partial charge in [0.05, 0.1) is 15.5 Å². The highest BCUT2D eigenvalue weighted by Crippen LogP contribution is 2.28. The Morgan fingerprint density at radius 3 is 2.06 bits per heavy atom. The minimum atomic E-state index is -0.305. The van der Waals surface area contributed by atoms with Gasteiger partial charge in [-0.2, -0.15) is 0 Å². The lowest BCUT2D eigenvalue weighted by molar-refractivity contribution is 0.0645. The van der Waals surface area contributed by atoms with E-state index in [2.05, 4.69) is 31.9 Å². The molecule has 0 saturated heterocycles. The van der Waals surface area contributed by atoms with Gasteiger partial charge < -0.3 is 0 Å². The lowest BCUT2D eigenvalue weighted by atomic mass is 10.1. The van der Waals surface area contributed by atoms with Crippen LogP contribution in [0.2, 0.25) is 0 Å². The zero-order chi connectivity index (χ0) is 12.6. The molecule has 0 aliphatic carbocycles. The Morgan fingerprint density at radius 1 is 1.18 bits per heavy atom. The van der Waals surface area contributed by atoms with E-state index in [1.807, 2.05) is 6.92 Å². The molecule has 1 aromatic carbocycles. The van der Waals surface area contributed by atoms with Gasteiger partial charge in [-0.3, -0.25) is 14.5 Å². The van der Waals surface area contributed by atoms with Crippen LogP contribution in [0.3, 0.4) is 0 Å². The van der Waals surface area contributed by atoms with Gasteiger partial charge in [0, 0.05) is 11.9 Å². The number of nitrogens with zero attached hydrogens (tertiary/aromatic N) is 1. The molecule has 1 aliphatic rings. The fraction of sp³-hybridized carbons (Fsp3) is 0.333. The summed E-state index contributed by atoms with van der Waals surface area (Å²) in [5.41, 5.74) is 0.991. The van der Waals surface area contributed by atoms with Crippen LogP contribution < -0.4 is 0 Å². The number of carbonyl (C=O) groups is 2. The number of imide groups is 1. The lowest BCUT2D eigenvalue weighted by Gasteiger charge is -2.25. The van der Waals surface area contributed by atoms with E-state index in [4.69, 9.17) is 0 Å². The van der Waals surface area contributed by atoms with Crippen LogP contribution in [0.5, 0.6) is 0 Å². The maximum atomic E-state index is 12.1. The molecule has 90 valence electrons. The molecular weight excluding hydrogens is 350 g/mol. The fourth-order valence-corrected chi connectivity index (χ4v) is 2.18. The Bertz CT molecular complexity index is 450. The molecule has 1 aromatic rings. The number of hydrogen-bond acceptors (Lipinski definition) is 2. The van der Waals surface area contributed by atoms with E-state index >= 15 is 0 Å². The van der Waals surface area contributed by atoms with Gasteiger partial charge in [0.2, 0.25) is 0 Å². The molecule has 0 spiro atoms. The topological polar surface area (TPSA) is 37.4 Å². The highest BCUT2D eigenvalue weighted by Gasteiger charge is 2.38. The Kier molecular flexibility index (Phi) is 3.41. The molecular formula is C12H11Br2NO2. The smallest absolute Gasteiger partial charge is 0.261 e. The number of benzene rings is 1. The van der Waals surface area contributed by atoms with E-state index < -0.39 is 0 Å². The van der Waals surface area contributed by atoms with E-state index in [0.717, 1.165) is 0 Å². The Balaban J connectivity index is 2.31. The van der Waals surface area contributed by atoms with Crippen molar-refractivity contribution >= 4 is 43.7 Å². The maximum Gasteiger partial charge on any atom is 0.261 e. The van der Waals surface area contributed by atoms with Crippen LogP contribution in [0.25, 0.3) is 0 Å². The first-order valence-electron chi connectivity index (χ1n) is 5.16. The van der Waals surface area contributed by atoms with Gasteiger partial charge in [0.1, 0.15) is 0 Å². The number of amides is 2. The van der Waals surface area contributed by atoms with Gasteiger partial charge in [-0.25, -0.2) is 0 Å². The summed E-state index contributed by atoms with van der Waals surface area (Å²) in [6.45, 7) is 2.29. The largest absolute Gasteiger partial charge is 0.273 e. The van der Waals surface area contributed by atoms with E-state index in [-0.39, 0.29) is 16.1 Å². The highest BCUT2D eigenvalue weighted by molar-refractivity contribution is 9.12. The Labute approximate surface area is 116 Å². The minimum absolute atomic E-state index is 0.211. The highest BCUT2D eigenvalue weighted by atomic mass is 79.9. The standard InChI is InChI=1S/C12H11Br2NO2/c1-12(14,6-13)7-15-10(16)8-4-2-3-5-9(8)11(15)17/h2-5H,6-7H2,1H3. The summed E-state index contributed by atoms with van der Waals surface area (Å²) < 4.78 is -0.305. The van der Waals surface area contributed by atoms with Crippen molar-refractivity contribution in [3.05, 3.63) is 35.4 Å². The molecule has 1 atom stereocenters. The van der Waals surface area contributed by atoms with Crippen molar-refractivity contribution in [2.24, 2.45) is 0 Å². The molecule has 3 nitrogen and oxygen atoms in total. The normalized spacial score (nSPS) is 18.2. The molecule has 1 unspecified atom stereocenters. The SMILES string of the molecule is CC(Br)(CBr)CN1C(=O)c2ccccc2C1=O. The third-order valence-corrected chi connectivity index (χ3v) is 5.17. The second kappa shape index (κ2) is 4.53. The van der Waals surface area contributed by atoms with Gasteiger partial charge in [-0.1, -0.05) is 44.0 Å². The molecule has 1 aliphatic heterocycles. The van der Waals surface area contributed by atoms with Crippen LogP contribution in [-0.4, -0.2) is 32.9 Å². The summed E-state index contributed by atoms with van der Waals surface area (Å²) in [7, 11) is 0. The molecule has 0 fully saturated rings. The van der Waals surface area contributed by atoms with E-state index in [9.17, 15) is 9.59 Å². The van der Waals surface area contributed by atoms with Crippen molar-refractivity contribution in [1.82, 2.24) is 4.90 Å². The zero-order valence-corrected chi connectivity index (χ0v) is 12.4. The molecule has 0 aromatic heterocycles. The van der Waals surface area contributed by atoms with Crippen LogP contribution in [0, 0.1) is 0 Å². The average Bonchev–Trinajstić information content (AvgIpc) is 2.55. The number of hydrogen-bond donors (Lipinski definition) is 0. The predicted molar refractivity (Wildman–Crippen MR) is 72.9 cm³/mol. The summed E-state index contributed by atoms with van der Waals surface area (Å²) >= 11 is 6.85. The van der Waals surface area contributed by atoms with E-state index in [1.54, 1.807) is 24.3 Å². The maximum absolute atomic E-state index is 12.1. The van der Waals surface area contributed by atoms with Crippen molar-refractivity contribution < 1.29 is 9.59 Å². The van der Waals surface area contributed by atoms with Gasteiger partial charge in [-0.05, 0) is 19.1 Å². The van der Waals surface area contributed by atoms with Gasteiger partial charge in [0.25, 0.3) is 11.8 Å². The third-order valence-electron chi connectivity index (χ3n) is 2.64. The van der Waals surface area contributed by atoms with Crippen molar-refractivity contribution in [3.63, 3.8) is 0 Å². The van der Waals surface area contributed by atoms with Crippen LogP contribution in [0.1, 0.15) is 27.6 Å². The van der Waals surface area contributed by atoms with E-state index in [1.165, 1.54) is 4.90 Å². The average molecular weight is 361 g/mol. The molecule has 0 saturated carbocycles. The summed E-state index contributed by atoms with van der Waals surface area (Å²) in [5.74, 6) is -0.422. The van der Waals surface area contributed by atoms with Gasteiger partial charge in [0.15, 0.2) is 0 Å². The number of fused-ring (bicyclic) bond motifs is 1. The molecule has 2 rings (SSSR count). The van der Waals surface area contributed by atoms with Crippen LogP contribution in [0.15, 0.2) is 24.3 Å². The van der Waals surface area contributed by atoms with Crippen LogP contribution in [-0.2, 0) is 0 Å². The van der Waals surface area contributed by atoms with Crippen molar-refractivity contribution in [3.8, 4) is 0 Å². The summed E-state index contributed by atoms with van der Waals surface area (Å²) in [6.07, 6.45) is 0. The van der Waals surface area contributed by atoms with Crippen molar-refractivity contribution in [2.75, 3.05) is 11.9 Å². The minimum Gasteiger partial charge on any atom is -0.273 e. The quantitative estimate of drug-likeness (QED) is 0.614. The number of rotatable bonds is 3. The number of carbonyl (C=O) groups excluding carboxylic acids is 2. The fourth-order valence-electron chi connectivity index (χ4n) is 1.75. The first-order chi connectivity index (χ1) is 7.96. The van der Waals surface area contributed by atoms with Gasteiger partial charge in [-0.15, -0.1) is 0 Å². The molecule has 0 N–H and O–H groups in total. The second-order valence-corrected chi connectivity index (χ2v) is 6.76. The summed E-state index contributed by atoms with van der Waals surface area (Å²) in [5, 5.41) is 0.660. The monoisotopic (exact) mass is 359 g/mol. The Morgan fingerprint density at radius 2 is 1.65 bits per heavy atom. The van der Waals surface area contributed by atoms with E-state index in [0.29, 0.717) is 23.0 Å². The number of halogens is 2. The van der Waals surface area contributed by atoms with Crippen molar-refractivity contribution in [2.45, 2.75) is 11.2 Å². The molecule has 2 amide bonds. The van der Waals surface area contributed by atoms with Crippen LogP contribution in [0.4, 0.5) is 0 Å². The molecule has 1 heterocycles. The predicted octanol–water partition coefficient (Wildman–Crippen LogP) is 2.83. The Hall–Kier alpha value is -0.680. The molecule has 0 bridgehead atoms. The summed E-state index contributed by atoms with van der Waals surface area (Å²) in [6, 6.07) is 6.92. The first kappa shape index (κ1) is 12.8. The third kappa shape index (κ3) is 2.31. The molecule has 0 radical (unpaired) electrons. The second-order valence-electron chi connectivity index (χ2n) is 4.29. The van der Waals surface area contributed by atoms with Crippen LogP contribution >= 0.6 is 31.9 Å². The summed E-state index contributed by atoms with van der Waals surface area (Å²) in [4.78, 5) is 25.4. The zero-order valence-electron chi connectivity index (χ0n) is 9.24. The molecule has 17 heavy (non-hydrogen) atoms. The van der Waals surface area contributed by atoms with Gasteiger partial charge >= 0.3 is 0 Å². The lowest BCUT2D eigenvalue weighted by Crippen LogP contribution is -2.41. The molecule has 5 heteroatoms.